The number of rotatable bonds is 3. The predicted molar refractivity (Wildman–Crippen MR) is 44.7 cm³/mol. The summed E-state index contributed by atoms with van der Waals surface area (Å²) in [6, 6.07) is 0. The van der Waals surface area contributed by atoms with E-state index in [1.807, 2.05) is 0 Å². The molecule has 58 valence electrons. The summed E-state index contributed by atoms with van der Waals surface area (Å²) in [4.78, 5) is 0. The first-order valence-corrected chi connectivity index (χ1v) is 4.45. The van der Waals surface area contributed by atoms with Gasteiger partial charge in [-0.05, 0) is 6.42 Å². The van der Waals surface area contributed by atoms with Gasteiger partial charge in [-0.25, -0.2) is 4.58 Å². The molecular formula is C9H18N+. The summed E-state index contributed by atoms with van der Waals surface area (Å²) in [7, 11) is 0. The van der Waals surface area contributed by atoms with E-state index in [4.69, 9.17) is 0 Å². The van der Waals surface area contributed by atoms with Gasteiger partial charge in [-0.2, -0.15) is 0 Å². The van der Waals surface area contributed by atoms with Crippen molar-refractivity contribution in [3.63, 3.8) is 0 Å². The minimum Gasteiger partial charge on any atom is -0.239 e. The maximum absolute atomic E-state index is 2.47. The molecule has 1 nitrogen and oxygen atoms in total. The van der Waals surface area contributed by atoms with Gasteiger partial charge in [0.05, 0.1) is 0 Å². The first-order chi connectivity index (χ1) is 4.86. The Balaban J connectivity index is 2.33. The molecular weight excluding hydrogens is 122 g/mol. The minimum absolute atomic E-state index is 0.881. The zero-order valence-electron chi connectivity index (χ0n) is 7.14. The summed E-state index contributed by atoms with van der Waals surface area (Å²) >= 11 is 0. The molecule has 1 atom stereocenters. The van der Waals surface area contributed by atoms with Crippen LogP contribution in [-0.4, -0.2) is 23.9 Å². The molecule has 0 amide bonds. The smallest absolute Gasteiger partial charge is 0.143 e. The fourth-order valence-corrected chi connectivity index (χ4v) is 1.56. The van der Waals surface area contributed by atoms with Crippen LogP contribution in [0.1, 0.15) is 33.1 Å². The van der Waals surface area contributed by atoms with Crippen LogP contribution in [0.5, 0.6) is 0 Å². The molecule has 1 aliphatic rings. The number of hydrogen-bond acceptors (Lipinski definition) is 0. The Hall–Kier alpha value is -0.330. The van der Waals surface area contributed by atoms with Crippen LogP contribution < -0.4 is 0 Å². The lowest BCUT2D eigenvalue weighted by Gasteiger charge is -1.90. The molecule has 0 aromatic carbocycles. The van der Waals surface area contributed by atoms with E-state index in [-0.39, 0.29) is 0 Å². The van der Waals surface area contributed by atoms with Gasteiger partial charge >= 0.3 is 0 Å². The van der Waals surface area contributed by atoms with Crippen molar-refractivity contribution in [3.05, 3.63) is 0 Å². The Morgan fingerprint density at radius 1 is 1.50 bits per heavy atom. The van der Waals surface area contributed by atoms with E-state index in [0.29, 0.717) is 0 Å². The van der Waals surface area contributed by atoms with Crippen LogP contribution in [0.25, 0.3) is 0 Å². The van der Waals surface area contributed by atoms with Crippen molar-refractivity contribution in [1.29, 1.82) is 0 Å². The van der Waals surface area contributed by atoms with Crippen molar-refractivity contribution in [3.8, 4) is 0 Å². The molecule has 1 aliphatic heterocycles. The van der Waals surface area contributed by atoms with Gasteiger partial charge in [-0.1, -0.05) is 13.8 Å². The van der Waals surface area contributed by atoms with E-state index in [0.717, 1.165) is 5.92 Å². The predicted octanol–water partition coefficient (Wildman–Crippen LogP) is 1.91. The third-order valence-corrected chi connectivity index (χ3v) is 2.24. The molecule has 0 aliphatic carbocycles. The normalized spacial score (nSPS) is 25.0. The Morgan fingerprint density at radius 3 is 2.80 bits per heavy atom. The van der Waals surface area contributed by atoms with Crippen LogP contribution in [0, 0.1) is 5.92 Å². The average molecular weight is 140 g/mol. The van der Waals surface area contributed by atoms with Crippen molar-refractivity contribution in [2.75, 3.05) is 13.1 Å². The highest BCUT2D eigenvalue weighted by Gasteiger charge is 2.18. The van der Waals surface area contributed by atoms with Crippen molar-refractivity contribution in [2.45, 2.75) is 33.1 Å². The standard InChI is InChI=1S/C9H18N/c1-3-6-10-7-5-9(4-2)8-10/h8-9H,3-7H2,1-2H3/q+1. The van der Waals surface area contributed by atoms with Gasteiger partial charge < -0.3 is 0 Å². The topological polar surface area (TPSA) is 3.01 Å². The Kier molecular flexibility index (Phi) is 2.91. The molecule has 0 aromatic heterocycles. The van der Waals surface area contributed by atoms with E-state index in [1.165, 1.54) is 32.4 Å². The van der Waals surface area contributed by atoms with Gasteiger partial charge in [0.2, 0.25) is 0 Å². The minimum atomic E-state index is 0.881. The first-order valence-electron chi connectivity index (χ1n) is 4.45. The van der Waals surface area contributed by atoms with E-state index in [2.05, 4.69) is 24.6 Å². The highest BCUT2D eigenvalue weighted by molar-refractivity contribution is 5.56. The molecule has 1 heterocycles. The van der Waals surface area contributed by atoms with E-state index < -0.39 is 0 Å². The second kappa shape index (κ2) is 3.75. The van der Waals surface area contributed by atoms with Gasteiger partial charge in [-0.15, -0.1) is 0 Å². The van der Waals surface area contributed by atoms with Crippen LogP contribution in [0.3, 0.4) is 0 Å². The molecule has 0 radical (unpaired) electrons. The summed E-state index contributed by atoms with van der Waals surface area (Å²) < 4.78 is 2.47. The van der Waals surface area contributed by atoms with E-state index in [9.17, 15) is 0 Å². The van der Waals surface area contributed by atoms with Gasteiger partial charge in [0.25, 0.3) is 0 Å². The van der Waals surface area contributed by atoms with E-state index in [1.54, 1.807) is 0 Å². The largest absolute Gasteiger partial charge is 0.239 e. The Labute approximate surface area is 63.8 Å². The zero-order valence-corrected chi connectivity index (χ0v) is 7.14. The van der Waals surface area contributed by atoms with Crippen molar-refractivity contribution in [1.82, 2.24) is 0 Å². The summed E-state index contributed by atoms with van der Waals surface area (Å²) in [5.41, 5.74) is 0. The highest BCUT2D eigenvalue weighted by Crippen LogP contribution is 2.10. The zero-order chi connectivity index (χ0) is 7.40. The van der Waals surface area contributed by atoms with Crippen LogP contribution >= 0.6 is 0 Å². The van der Waals surface area contributed by atoms with Crippen LogP contribution in [0.15, 0.2) is 0 Å². The second-order valence-electron chi connectivity index (χ2n) is 3.14. The molecule has 1 heteroatoms. The molecule has 0 N–H and O–H groups in total. The van der Waals surface area contributed by atoms with Crippen LogP contribution in [-0.2, 0) is 0 Å². The Morgan fingerprint density at radius 2 is 2.30 bits per heavy atom. The number of nitrogens with zero attached hydrogens (tertiary/aromatic N) is 1. The SMILES string of the molecule is CCC[N+]1=CC(CC)CC1. The van der Waals surface area contributed by atoms with Crippen molar-refractivity contribution >= 4 is 6.21 Å². The van der Waals surface area contributed by atoms with Gasteiger partial charge in [0, 0.05) is 18.8 Å². The lowest BCUT2D eigenvalue weighted by atomic mass is 10.1. The maximum atomic E-state index is 2.47. The first kappa shape index (κ1) is 7.77. The van der Waals surface area contributed by atoms with Crippen molar-refractivity contribution < 1.29 is 4.58 Å². The molecule has 1 rings (SSSR count). The monoisotopic (exact) mass is 140 g/mol. The van der Waals surface area contributed by atoms with Crippen LogP contribution in [0.4, 0.5) is 0 Å². The highest BCUT2D eigenvalue weighted by atomic mass is 15.0. The fraction of sp³-hybridized carbons (Fsp3) is 0.889. The van der Waals surface area contributed by atoms with Crippen molar-refractivity contribution in [2.24, 2.45) is 5.92 Å². The lowest BCUT2D eigenvalue weighted by Crippen LogP contribution is -2.09. The average Bonchev–Trinajstić information content (AvgIpc) is 2.37. The van der Waals surface area contributed by atoms with Gasteiger partial charge in [0.1, 0.15) is 19.3 Å². The quantitative estimate of drug-likeness (QED) is 0.527. The third-order valence-electron chi connectivity index (χ3n) is 2.24. The summed E-state index contributed by atoms with van der Waals surface area (Å²) in [6.45, 7) is 7.08. The lowest BCUT2D eigenvalue weighted by molar-refractivity contribution is -0.515. The third kappa shape index (κ3) is 1.83. The maximum Gasteiger partial charge on any atom is 0.143 e. The molecule has 0 aromatic rings. The van der Waals surface area contributed by atoms with Gasteiger partial charge in [-0.3, -0.25) is 0 Å². The van der Waals surface area contributed by atoms with E-state index >= 15 is 0 Å². The molecule has 0 saturated heterocycles. The molecule has 0 fully saturated rings. The molecule has 10 heavy (non-hydrogen) atoms. The fourth-order valence-electron chi connectivity index (χ4n) is 1.56. The molecule has 1 unspecified atom stereocenters. The summed E-state index contributed by atoms with van der Waals surface area (Å²) in [6.07, 6.45) is 6.41. The molecule has 0 spiro atoms. The van der Waals surface area contributed by atoms with Gasteiger partial charge in [0.15, 0.2) is 0 Å². The molecule has 0 saturated carbocycles. The second-order valence-corrected chi connectivity index (χ2v) is 3.14. The molecule has 0 bridgehead atoms. The summed E-state index contributed by atoms with van der Waals surface area (Å²) in [5.74, 6) is 0.881. The number of hydrogen-bond donors (Lipinski definition) is 0. The summed E-state index contributed by atoms with van der Waals surface area (Å²) in [5, 5.41) is 0. The van der Waals surface area contributed by atoms with Crippen LogP contribution in [0.2, 0.25) is 0 Å². The Bertz CT molecular complexity index is 127.